The summed E-state index contributed by atoms with van der Waals surface area (Å²) in [7, 11) is -3.29. The summed E-state index contributed by atoms with van der Waals surface area (Å²) in [5.74, 6) is 0.377. The fraction of sp³-hybridized carbons (Fsp3) is 0.625. The van der Waals surface area contributed by atoms with Gasteiger partial charge in [0.15, 0.2) is 0 Å². The minimum absolute atomic E-state index is 0.0371. The topological polar surface area (TPSA) is 57.6 Å². The standard InChI is InChI=1S/C16H22ClNO3S/c17-15-3-1-14(2-4-15)12-22(20,21)18-10-9-16(18)7-5-13(11-19)6-8-16/h1-4,13,19H,5-12H2. The largest absolute Gasteiger partial charge is 0.396 e. The number of aliphatic hydroxyl groups is 1. The highest BCUT2D eigenvalue weighted by Crippen LogP contribution is 2.46. The summed E-state index contributed by atoms with van der Waals surface area (Å²) in [6.07, 6.45) is 4.54. The molecule has 1 aromatic carbocycles. The minimum Gasteiger partial charge on any atom is -0.396 e. The number of hydrogen-bond donors (Lipinski definition) is 1. The van der Waals surface area contributed by atoms with E-state index in [9.17, 15) is 13.5 Å². The van der Waals surface area contributed by atoms with Gasteiger partial charge < -0.3 is 5.11 Å². The minimum atomic E-state index is -3.29. The van der Waals surface area contributed by atoms with Crippen molar-refractivity contribution in [1.29, 1.82) is 0 Å². The zero-order valence-corrected chi connectivity index (χ0v) is 14.1. The summed E-state index contributed by atoms with van der Waals surface area (Å²) >= 11 is 5.85. The van der Waals surface area contributed by atoms with Crippen molar-refractivity contribution < 1.29 is 13.5 Å². The van der Waals surface area contributed by atoms with Crippen LogP contribution >= 0.6 is 11.6 Å². The first kappa shape index (κ1) is 16.2. The molecule has 1 aromatic rings. The molecule has 1 spiro atoms. The van der Waals surface area contributed by atoms with E-state index in [0.29, 0.717) is 17.5 Å². The molecule has 4 nitrogen and oxygen atoms in total. The van der Waals surface area contributed by atoms with Crippen LogP contribution in [0.25, 0.3) is 0 Å². The molecule has 2 aliphatic rings. The Hall–Kier alpha value is -0.620. The first-order valence-electron chi connectivity index (χ1n) is 7.81. The summed E-state index contributed by atoms with van der Waals surface area (Å²) < 4.78 is 27.2. The van der Waals surface area contributed by atoms with Crippen LogP contribution < -0.4 is 0 Å². The van der Waals surface area contributed by atoms with Gasteiger partial charge in [0, 0.05) is 23.7 Å². The summed E-state index contributed by atoms with van der Waals surface area (Å²) in [5.41, 5.74) is 0.590. The molecule has 0 amide bonds. The molecule has 0 unspecified atom stereocenters. The van der Waals surface area contributed by atoms with E-state index in [-0.39, 0.29) is 17.9 Å². The molecule has 22 heavy (non-hydrogen) atoms. The Morgan fingerprint density at radius 3 is 2.32 bits per heavy atom. The second-order valence-electron chi connectivity index (χ2n) is 6.56. The average molecular weight is 344 g/mol. The van der Waals surface area contributed by atoms with Gasteiger partial charge >= 0.3 is 0 Å². The highest BCUT2D eigenvalue weighted by Gasteiger charge is 2.51. The number of halogens is 1. The van der Waals surface area contributed by atoms with Gasteiger partial charge in [0.25, 0.3) is 0 Å². The molecule has 1 heterocycles. The van der Waals surface area contributed by atoms with Crippen LogP contribution in [0.1, 0.15) is 37.7 Å². The first-order valence-corrected chi connectivity index (χ1v) is 9.80. The molecule has 6 heteroatoms. The van der Waals surface area contributed by atoms with E-state index < -0.39 is 10.0 Å². The lowest BCUT2D eigenvalue weighted by atomic mass is 9.71. The molecular formula is C16H22ClNO3S. The number of benzene rings is 1. The Labute approximate surface area is 137 Å². The molecule has 0 radical (unpaired) electrons. The molecule has 0 aromatic heterocycles. The Kier molecular flexibility index (Phi) is 4.52. The monoisotopic (exact) mass is 343 g/mol. The number of nitrogens with zero attached hydrogens (tertiary/aromatic N) is 1. The Morgan fingerprint density at radius 2 is 1.82 bits per heavy atom. The van der Waals surface area contributed by atoms with Gasteiger partial charge in [-0.3, -0.25) is 0 Å². The summed E-state index contributed by atoms with van der Waals surface area (Å²) in [5, 5.41) is 9.87. The Bertz CT molecular complexity index is 621. The van der Waals surface area contributed by atoms with Crippen LogP contribution in [0, 0.1) is 5.92 Å². The van der Waals surface area contributed by atoms with Crippen LogP contribution in [0.4, 0.5) is 0 Å². The van der Waals surface area contributed by atoms with Crippen molar-refractivity contribution in [3.8, 4) is 0 Å². The smallest absolute Gasteiger partial charge is 0.218 e. The second kappa shape index (κ2) is 6.11. The molecule has 122 valence electrons. The third kappa shape index (κ3) is 3.04. The van der Waals surface area contributed by atoms with Gasteiger partial charge in [-0.2, -0.15) is 4.31 Å². The fourth-order valence-electron chi connectivity index (χ4n) is 3.72. The molecular weight excluding hydrogens is 322 g/mol. The van der Waals surface area contributed by atoms with E-state index >= 15 is 0 Å². The zero-order valence-electron chi connectivity index (χ0n) is 12.5. The van der Waals surface area contributed by atoms with Crippen molar-refractivity contribution in [1.82, 2.24) is 4.31 Å². The molecule has 3 rings (SSSR count). The van der Waals surface area contributed by atoms with E-state index in [0.717, 1.165) is 37.7 Å². The lowest BCUT2D eigenvalue weighted by molar-refractivity contribution is 0.00951. The second-order valence-corrected chi connectivity index (χ2v) is 8.88. The van der Waals surface area contributed by atoms with Crippen molar-refractivity contribution in [3.05, 3.63) is 34.9 Å². The van der Waals surface area contributed by atoms with Gasteiger partial charge in [-0.25, -0.2) is 8.42 Å². The average Bonchev–Trinajstić information content (AvgIpc) is 2.48. The predicted molar refractivity (Wildman–Crippen MR) is 87.2 cm³/mol. The van der Waals surface area contributed by atoms with E-state index in [1.54, 1.807) is 28.6 Å². The van der Waals surface area contributed by atoms with Crippen LogP contribution in [0.2, 0.25) is 5.02 Å². The number of hydrogen-bond acceptors (Lipinski definition) is 3. The molecule has 1 aliphatic heterocycles. The third-order valence-corrected chi connectivity index (χ3v) is 7.39. The highest BCUT2D eigenvalue weighted by atomic mass is 35.5. The first-order chi connectivity index (χ1) is 10.5. The van der Waals surface area contributed by atoms with Gasteiger partial charge in [0.05, 0.1) is 5.75 Å². The van der Waals surface area contributed by atoms with E-state index in [2.05, 4.69) is 0 Å². The number of aliphatic hydroxyl groups excluding tert-OH is 1. The summed E-state index contributed by atoms with van der Waals surface area (Å²) in [6.45, 7) is 0.841. The molecule has 0 atom stereocenters. The predicted octanol–water partition coefficient (Wildman–Crippen LogP) is 2.80. The van der Waals surface area contributed by atoms with Crippen molar-refractivity contribution in [2.24, 2.45) is 5.92 Å². The van der Waals surface area contributed by atoms with Crippen LogP contribution in [-0.2, 0) is 15.8 Å². The highest BCUT2D eigenvalue weighted by molar-refractivity contribution is 7.88. The van der Waals surface area contributed by atoms with Gasteiger partial charge in [-0.05, 0) is 55.7 Å². The van der Waals surface area contributed by atoms with E-state index in [4.69, 9.17) is 11.6 Å². The molecule has 1 saturated carbocycles. The normalized spacial score (nSPS) is 29.5. The SMILES string of the molecule is O=S(=O)(Cc1ccc(Cl)cc1)N1CCC12CCC(CO)CC2. The van der Waals surface area contributed by atoms with Crippen LogP contribution in [0.5, 0.6) is 0 Å². The number of sulfonamides is 1. The fourth-order valence-corrected chi connectivity index (χ4v) is 5.85. The third-order valence-electron chi connectivity index (χ3n) is 5.20. The van der Waals surface area contributed by atoms with Gasteiger partial charge in [-0.1, -0.05) is 23.7 Å². The molecule has 2 fully saturated rings. The van der Waals surface area contributed by atoms with Crippen molar-refractivity contribution >= 4 is 21.6 Å². The zero-order chi connectivity index (χ0) is 15.8. The quantitative estimate of drug-likeness (QED) is 0.914. The van der Waals surface area contributed by atoms with E-state index in [1.807, 2.05) is 0 Å². The van der Waals surface area contributed by atoms with Crippen LogP contribution in [-0.4, -0.2) is 36.5 Å². The maximum atomic E-state index is 12.7. The van der Waals surface area contributed by atoms with E-state index in [1.165, 1.54) is 0 Å². The Balaban J connectivity index is 1.71. The van der Waals surface area contributed by atoms with Crippen molar-refractivity contribution in [3.63, 3.8) is 0 Å². The molecule has 1 N–H and O–H groups in total. The molecule has 1 aliphatic carbocycles. The number of rotatable bonds is 4. The van der Waals surface area contributed by atoms with Gasteiger partial charge in [-0.15, -0.1) is 0 Å². The van der Waals surface area contributed by atoms with Crippen molar-refractivity contribution in [2.75, 3.05) is 13.2 Å². The van der Waals surface area contributed by atoms with Crippen LogP contribution in [0.15, 0.2) is 24.3 Å². The summed E-state index contributed by atoms with van der Waals surface area (Å²) in [4.78, 5) is 0. The maximum absolute atomic E-state index is 12.7. The summed E-state index contributed by atoms with van der Waals surface area (Å²) in [6, 6.07) is 7.00. The lowest BCUT2D eigenvalue weighted by Crippen LogP contribution is -2.63. The van der Waals surface area contributed by atoms with Crippen LogP contribution in [0.3, 0.4) is 0 Å². The lowest BCUT2D eigenvalue weighted by Gasteiger charge is -2.54. The van der Waals surface area contributed by atoms with Gasteiger partial charge in [0.1, 0.15) is 0 Å². The molecule has 1 saturated heterocycles. The molecule has 0 bridgehead atoms. The maximum Gasteiger partial charge on any atom is 0.218 e. The van der Waals surface area contributed by atoms with Gasteiger partial charge in [0.2, 0.25) is 10.0 Å². The Morgan fingerprint density at radius 1 is 1.18 bits per heavy atom. The van der Waals surface area contributed by atoms with Crippen molar-refractivity contribution in [2.45, 2.75) is 43.4 Å².